The number of carbonyl (C=O) groups is 2. The van der Waals surface area contributed by atoms with Crippen LogP contribution in [-0.4, -0.2) is 23.0 Å². The van der Waals surface area contributed by atoms with Gasteiger partial charge in [-0.1, -0.05) is 25.3 Å². The molecule has 1 amide bonds. The number of hydrogen-bond donors (Lipinski definition) is 2. The molecule has 4 atom stereocenters. The molecule has 2 saturated carbocycles. The van der Waals surface area contributed by atoms with Gasteiger partial charge in [0.2, 0.25) is 5.91 Å². The van der Waals surface area contributed by atoms with Crippen LogP contribution in [0.15, 0.2) is 18.2 Å². The van der Waals surface area contributed by atoms with E-state index < -0.39 is 23.5 Å². The average molecular weight is 337 g/mol. The molecule has 24 heavy (non-hydrogen) atoms. The summed E-state index contributed by atoms with van der Waals surface area (Å²) in [6.07, 6.45) is 4.59. The highest BCUT2D eigenvalue weighted by atomic mass is 19.2. The Morgan fingerprint density at radius 1 is 1.04 bits per heavy atom. The Kier molecular flexibility index (Phi) is 4.83. The lowest BCUT2D eigenvalue weighted by Gasteiger charge is -2.23. The fourth-order valence-electron chi connectivity index (χ4n) is 3.66. The fourth-order valence-corrected chi connectivity index (χ4v) is 3.66. The van der Waals surface area contributed by atoms with Gasteiger partial charge in [0.15, 0.2) is 11.6 Å². The average Bonchev–Trinajstić information content (AvgIpc) is 3.33. The molecule has 2 unspecified atom stereocenters. The Bertz CT molecular complexity index is 649. The number of carbonyl (C=O) groups excluding carboxylic acids is 1. The van der Waals surface area contributed by atoms with Crippen LogP contribution in [0.1, 0.15) is 50.0 Å². The number of amides is 1. The van der Waals surface area contributed by atoms with Crippen molar-refractivity contribution in [3.8, 4) is 0 Å². The summed E-state index contributed by atoms with van der Waals surface area (Å²) in [4.78, 5) is 23.8. The van der Waals surface area contributed by atoms with E-state index in [1.807, 2.05) is 0 Å². The third-order valence-corrected chi connectivity index (χ3v) is 5.16. The van der Waals surface area contributed by atoms with Crippen molar-refractivity contribution < 1.29 is 23.5 Å². The highest BCUT2D eigenvalue weighted by Crippen LogP contribution is 2.48. The number of nitrogens with one attached hydrogen (secondary N) is 1. The Hall–Kier alpha value is -1.98. The molecule has 0 heterocycles. The Morgan fingerprint density at radius 2 is 1.79 bits per heavy atom. The van der Waals surface area contributed by atoms with Gasteiger partial charge in [-0.2, -0.15) is 0 Å². The highest BCUT2D eigenvalue weighted by molar-refractivity contribution is 5.84. The van der Waals surface area contributed by atoms with Crippen LogP contribution in [-0.2, 0) is 9.59 Å². The molecule has 2 fully saturated rings. The summed E-state index contributed by atoms with van der Waals surface area (Å²) >= 11 is 0. The molecule has 0 bridgehead atoms. The van der Waals surface area contributed by atoms with Crippen LogP contribution in [0.4, 0.5) is 8.78 Å². The van der Waals surface area contributed by atoms with Gasteiger partial charge >= 0.3 is 5.97 Å². The largest absolute Gasteiger partial charge is 0.481 e. The minimum Gasteiger partial charge on any atom is -0.481 e. The van der Waals surface area contributed by atoms with Crippen molar-refractivity contribution in [2.75, 3.05) is 0 Å². The third-order valence-electron chi connectivity index (χ3n) is 5.16. The third kappa shape index (κ3) is 3.57. The lowest BCUT2D eigenvalue weighted by Crippen LogP contribution is -2.43. The molecule has 0 aliphatic heterocycles. The maximum absolute atomic E-state index is 13.3. The number of hydrogen-bond acceptors (Lipinski definition) is 2. The fraction of sp³-hybridized carbons (Fsp3) is 0.556. The monoisotopic (exact) mass is 337 g/mol. The molecule has 130 valence electrons. The van der Waals surface area contributed by atoms with E-state index in [2.05, 4.69) is 5.32 Å². The number of halogens is 2. The lowest BCUT2D eigenvalue weighted by molar-refractivity contribution is -0.143. The van der Waals surface area contributed by atoms with Crippen LogP contribution >= 0.6 is 0 Å². The molecule has 1 aromatic rings. The summed E-state index contributed by atoms with van der Waals surface area (Å²) in [5.74, 6) is -3.80. The van der Waals surface area contributed by atoms with Crippen molar-refractivity contribution in [2.24, 2.45) is 11.8 Å². The molecule has 0 aromatic heterocycles. The number of aliphatic carboxylic acids is 1. The van der Waals surface area contributed by atoms with Gasteiger partial charge in [-0.25, -0.2) is 8.78 Å². The molecule has 0 saturated heterocycles. The van der Waals surface area contributed by atoms with Crippen LogP contribution in [0.2, 0.25) is 0 Å². The zero-order chi connectivity index (χ0) is 17.3. The SMILES string of the molecule is O=C(N[C@H]1CCCCC[C@H]1C(=O)O)C1CC1c1ccc(F)c(F)c1. The quantitative estimate of drug-likeness (QED) is 0.829. The van der Waals surface area contributed by atoms with Crippen LogP contribution in [0.3, 0.4) is 0 Å². The zero-order valence-corrected chi connectivity index (χ0v) is 13.3. The molecule has 2 aliphatic carbocycles. The van der Waals surface area contributed by atoms with Crippen molar-refractivity contribution in [1.82, 2.24) is 5.32 Å². The van der Waals surface area contributed by atoms with Gasteiger partial charge < -0.3 is 10.4 Å². The number of carboxylic acids is 1. The zero-order valence-electron chi connectivity index (χ0n) is 13.3. The van der Waals surface area contributed by atoms with Gasteiger partial charge in [0, 0.05) is 12.0 Å². The van der Waals surface area contributed by atoms with Gasteiger partial charge in [0.1, 0.15) is 0 Å². The molecular weight excluding hydrogens is 316 g/mol. The molecule has 1 aromatic carbocycles. The van der Waals surface area contributed by atoms with Gasteiger partial charge in [0.05, 0.1) is 5.92 Å². The standard InChI is InChI=1S/C18H21F2NO3/c19-14-7-6-10(8-15(14)20)12-9-13(12)17(22)21-16-5-3-1-2-4-11(16)18(23)24/h6-8,11-13,16H,1-5,9H2,(H,21,22)(H,23,24)/t11-,12?,13?,16+/m1/s1. The van der Waals surface area contributed by atoms with Crippen molar-refractivity contribution in [1.29, 1.82) is 0 Å². The number of benzene rings is 1. The molecule has 0 radical (unpaired) electrons. The van der Waals surface area contributed by atoms with E-state index in [-0.39, 0.29) is 23.8 Å². The Labute approximate surface area is 139 Å². The van der Waals surface area contributed by atoms with Gasteiger partial charge in [-0.15, -0.1) is 0 Å². The second kappa shape index (κ2) is 6.87. The van der Waals surface area contributed by atoms with Crippen molar-refractivity contribution in [3.63, 3.8) is 0 Å². The first-order valence-corrected chi connectivity index (χ1v) is 8.45. The summed E-state index contributed by atoms with van der Waals surface area (Å²) in [6.45, 7) is 0. The Morgan fingerprint density at radius 3 is 2.50 bits per heavy atom. The predicted molar refractivity (Wildman–Crippen MR) is 83.3 cm³/mol. The van der Waals surface area contributed by atoms with E-state index in [9.17, 15) is 23.5 Å². The van der Waals surface area contributed by atoms with Crippen molar-refractivity contribution >= 4 is 11.9 Å². The molecule has 2 N–H and O–H groups in total. The van der Waals surface area contributed by atoms with E-state index in [0.717, 1.165) is 31.4 Å². The van der Waals surface area contributed by atoms with Crippen LogP contribution in [0.25, 0.3) is 0 Å². The minimum absolute atomic E-state index is 0.117. The maximum atomic E-state index is 13.3. The summed E-state index contributed by atoms with van der Waals surface area (Å²) in [7, 11) is 0. The van der Waals surface area contributed by atoms with Crippen molar-refractivity contribution in [2.45, 2.75) is 50.5 Å². The number of rotatable bonds is 4. The molecule has 6 heteroatoms. The van der Waals surface area contributed by atoms with E-state index in [0.29, 0.717) is 24.8 Å². The first-order valence-electron chi connectivity index (χ1n) is 8.45. The second-order valence-corrected chi connectivity index (χ2v) is 6.82. The van der Waals surface area contributed by atoms with E-state index >= 15 is 0 Å². The summed E-state index contributed by atoms with van der Waals surface area (Å²) in [6, 6.07) is 3.37. The van der Waals surface area contributed by atoms with Crippen molar-refractivity contribution in [3.05, 3.63) is 35.4 Å². The maximum Gasteiger partial charge on any atom is 0.308 e. The predicted octanol–water partition coefficient (Wildman–Crippen LogP) is 3.22. The first-order chi connectivity index (χ1) is 11.5. The van der Waals surface area contributed by atoms with Gasteiger partial charge in [-0.05, 0) is 42.9 Å². The normalized spacial score (nSPS) is 29.6. The first kappa shape index (κ1) is 16.9. The van der Waals surface area contributed by atoms with E-state index in [1.165, 1.54) is 6.07 Å². The topological polar surface area (TPSA) is 66.4 Å². The van der Waals surface area contributed by atoms with E-state index in [4.69, 9.17) is 0 Å². The van der Waals surface area contributed by atoms with Gasteiger partial charge in [0.25, 0.3) is 0 Å². The molecule has 3 rings (SSSR count). The summed E-state index contributed by atoms with van der Waals surface area (Å²) < 4.78 is 26.3. The molecular formula is C18H21F2NO3. The van der Waals surface area contributed by atoms with E-state index in [1.54, 1.807) is 0 Å². The molecule has 4 nitrogen and oxygen atoms in total. The summed E-state index contributed by atoms with van der Waals surface area (Å²) in [5, 5.41) is 12.2. The summed E-state index contributed by atoms with van der Waals surface area (Å²) in [5.41, 5.74) is 0.615. The second-order valence-electron chi connectivity index (χ2n) is 6.82. The Balaban J connectivity index is 1.63. The lowest BCUT2D eigenvalue weighted by atomic mass is 9.94. The smallest absolute Gasteiger partial charge is 0.308 e. The van der Waals surface area contributed by atoms with Crippen LogP contribution in [0.5, 0.6) is 0 Å². The highest BCUT2D eigenvalue weighted by Gasteiger charge is 2.45. The molecule has 0 spiro atoms. The molecule has 2 aliphatic rings. The number of carboxylic acid groups (broad SMARTS) is 1. The minimum atomic E-state index is -0.909. The van der Waals surface area contributed by atoms with Crippen LogP contribution < -0.4 is 5.32 Å². The van der Waals surface area contributed by atoms with Crippen LogP contribution in [0, 0.1) is 23.5 Å². The van der Waals surface area contributed by atoms with Gasteiger partial charge in [-0.3, -0.25) is 9.59 Å².